The number of carbonyl (C=O) groups excluding carboxylic acids is 1. The lowest BCUT2D eigenvalue weighted by Gasteiger charge is -2.38. The van der Waals surface area contributed by atoms with E-state index in [1.807, 2.05) is 11.8 Å². The van der Waals surface area contributed by atoms with Gasteiger partial charge in [0.25, 0.3) is 0 Å². The summed E-state index contributed by atoms with van der Waals surface area (Å²) in [5, 5.41) is 9.76. The van der Waals surface area contributed by atoms with E-state index in [0.717, 1.165) is 24.9 Å². The average molecular weight is 389 g/mol. The number of aliphatic carboxylic acids is 1. The second-order valence-electron chi connectivity index (χ2n) is 8.44. The maximum absolute atomic E-state index is 13.1. The molecule has 0 radical (unpaired) electrons. The Hall–Kier alpha value is -2.15. The molecule has 3 atom stereocenters. The third kappa shape index (κ3) is 3.26. The third-order valence-electron chi connectivity index (χ3n) is 7.01. The predicted octanol–water partition coefficient (Wildman–Crippen LogP) is 2.05. The SMILES string of the molecule is CC(C(=O)N1CCN(c2ccc(F)cc2)CC1)N1C[C@@H]2CCC[C@@]2(C(=O)O)C1. The fourth-order valence-electron chi connectivity index (χ4n) is 5.23. The van der Waals surface area contributed by atoms with E-state index in [0.29, 0.717) is 39.3 Å². The number of likely N-dealkylation sites (tertiary alicyclic amines) is 1. The Morgan fingerprint density at radius 3 is 2.46 bits per heavy atom. The van der Waals surface area contributed by atoms with Gasteiger partial charge < -0.3 is 14.9 Å². The van der Waals surface area contributed by atoms with Crippen molar-refractivity contribution in [1.82, 2.24) is 9.80 Å². The largest absolute Gasteiger partial charge is 0.481 e. The number of fused-ring (bicyclic) bond motifs is 1. The van der Waals surface area contributed by atoms with E-state index in [1.165, 1.54) is 12.1 Å². The van der Waals surface area contributed by atoms with Crippen molar-refractivity contribution in [2.45, 2.75) is 32.2 Å². The van der Waals surface area contributed by atoms with Crippen LogP contribution in [-0.2, 0) is 9.59 Å². The summed E-state index contributed by atoms with van der Waals surface area (Å²) in [5.41, 5.74) is 0.313. The van der Waals surface area contributed by atoms with E-state index in [1.54, 1.807) is 12.1 Å². The number of hydrogen-bond donors (Lipinski definition) is 1. The van der Waals surface area contributed by atoms with Crippen LogP contribution in [0, 0.1) is 17.2 Å². The molecule has 3 fully saturated rings. The van der Waals surface area contributed by atoms with E-state index in [4.69, 9.17) is 0 Å². The summed E-state index contributed by atoms with van der Waals surface area (Å²) in [6, 6.07) is 6.15. The lowest BCUT2D eigenvalue weighted by atomic mass is 9.81. The first kappa shape index (κ1) is 19.2. The van der Waals surface area contributed by atoms with Crippen LogP contribution >= 0.6 is 0 Å². The van der Waals surface area contributed by atoms with Crippen molar-refractivity contribution in [3.63, 3.8) is 0 Å². The number of carboxylic acid groups (broad SMARTS) is 1. The van der Waals surface area contributed by atoms with Crippen molar-refractivity contribution >= 4 is 17.6 Å². The minimum absolute atomic E-state index is 0.0827. The molecule has 2 saturated heterocycles. The monoisotopic (exact) mass is 389 g/mol. The summed E-state index contributed by atoms with van der Waals surface area (Å²) in [6.45, 7) is 5.77. The molecule has 2 aliphatic heterocycles. The van der Waals surface area contributed by atoms with Crippen LogP contribution in [-0.4, -0.2) is 72.1 Å². The summed E-state index contributed by atoms with van der Waals surface area (Å²) < 4.78 is 13.1. The number of amides is 1. The number of halogens is 1. The molecule has 0 bridgehead atoms. The molecule has 3 aliphatic rings. The number of nitrogens with zero attached hydrogens (tertiary/aromatic N) is 3. The second kappa shape index (κ2) is 7.35. The fourth-order valence-corrected chi connectivity index (χ4v) is 5.23. The van der Waals surface area contributed by atoms with Gasteiger partial charge in [-0.2, -0.15) is 0 Å². The Kier molecular flexibility index (Phi) is 5.04. The van der Waals surface area contributed by atoms with E-state index in [2.05, 4.69) is 9.80 Å². The van der Waals surface area contributed by atoms with Crippen molar-refractivity contribution in [3.05, 3.63) is 30.1 Å². The Balaban J connectivity index is 1.35. The molecule has 0 spiro atoms. The van der Waals surface area contributed by atoms with Crippen LogP contribution in [0.5, 0.6) is 0 Å². The van der Waals surface area contributed by atoms with Crippen molar-refractivity contribution in [3.8, 4) is 0 Å². The van der Waals surface area contributed by atoms with Crippen LogP contribution in [0.25, 0.3) is 0 Å². The molecule has 1 aromatic carbocycles. The van der Waals surface area contributed by atoms with Gasteiger partial charge >= 0.3 is 5.97 Å². The van der Waals surface area contributed by atoms with Crippen LogP contribution in [0.2, 0.25) is 0 Å². The molecule has 152 valence electrons. The predicted molar refractivity (Wildman–Crippen MR) is 104 cm³/mol. The first-order valence-corrected chi connectivity index (χ1v) is 10.2. The molecule has 0 aromatic heterocycles. The van der Waals surface area contributed by atoms with Gasteiger partial charge in [-0.05, 0) is 49.9 Å². The van der Waals surface area contributed by atoms with Crippen LogP contribution in [0.4, 0.5) is 10.1 Å². The number of piperazine rings is 1. The van der Waals surface area contributed by atoms with Crippen LogP contribution in [0.3, 0.4) is 0 Å². The summed E-state index contributed by atoms with van der Waals surface area (Å²) in [7, 11) is 0. The highest BCUT2D eigenvalue weighted by Crippen LogP contribution is 2.49. The molecular weight excluding hydrogens is 361 g/mol. The summed E-state index contributed by atoms with van der Waals surface area (Å²) in [5.74, 6) is -0.708. The van der Waals surface area contributed by atoms with Gasteiger partial charge in [-0.1, -0.05) is 6.42 Å². The number of rotatable bonds is 4. The molecule has 4 rings (SSSR count). The van der Waals surface area contributed by atoms with Gasteiger partial charge in [0.05, 0.1) is 11.5 Å². The van der Waals surface area contributed by atoms with Gasteiger partial charge in [0.2, 0.25) is 5.91 Å². The quantitative estimate of drug-likeness (QED) is 0.854. The van der Waals surface area contributed by atoms with Crippen molar-refractivity contribution in [2.24, 2.45) is 11.3 Å². The Morgan fingerprint density at radius 2 is 1.86 bits per heavy atom. The zero-order valence-electron chi connectivity index (χ0n) is 16.3. The van der Waals surface area contributed by atoms with E-state index < -0.39 is 11.4 Å². The standard InChI is InChI=1S/C21H28FN3O3/c1-15(25-13-16-3-2-8-21(16,14-25)20(27)28)19(26)24-11-9-23(10-12-24)18-6-4-17(22)5-7-18/h4-7,15-16H,2-3,8-14H2,1H3,(H,27,28)/t15?,16-,21+/m0/s1. The van der Waals surface area contributed by atoms with E-state index in [-0.39, 0.29) is 23.7 Å². The molecule has 1 N–H and O–H groups in total. The highest BCUT2D eigenvalue weighted by atomic mass is 19.1. The molecule has 1 saturated carbocycles. The fraction of sp³-hybridized carbons (Fsp3) is 0.619. The number of carboxylic acids is 1. The number of anilines is 1. The Morgan fingerprint density at radius 1 is 1.18 bits per heavy atom. The minimum Gasteiger partial charge on any atom is -0.481 e. The molecule has 1 amide bonds. The number of hydrogen-bond acceptors (Lipinski definition) is 4. The van der Waals surface area contributed by atoms with Crippen molar-refractivity contribution < 1.29 is 19.1 Å². The van der Waals surface area contributed by atoms with Crippen molar-refractivity contribution in [1.29, 1.82) is 0 Å². The summed E-state index contributed by atoms with van der Waals surface area (Å²) >= 11 is 0. The second-order valence-corrected chi connectivity index (χ2v) is 8.44. The van der Waals surface area contributed by atoms with Gasteiger partial charge in [0, 0.05) is 45.0 Å². The van der Waals surface area contributed by atoms with Gasteiger partial charge in [-0.25, -0.2) is 4.39 Å². The summed E-state index contributed by atoms with van der Waals surface area (Å²) in [6.07, 6.45) is 2.64. The van der Waals surface area contributed by atoms with Crippen LogP contribution in [0.1, 0.15) is 26.2 Å². The van der Waals surface area contributed by atoms with Gasteiger partial charge in [-0.15, -0.1) is 0 Å². The summed E-state index contributed by atoms with van der Waals surface area (Å²) in [4.78, 5) is 31.0. The molecule has 2 heterocycles. The Labute approximate surface area is 164 Å². The molecule has 1 aromatic rings. The molecule has 28 heavy (non-hydrogen) atoms. The maximum atomic E-state index is 13.1. The van der Waals surface area contributed by atoms with E-state index in [9.17, 15) is 19.1 Å². The highest BCUT2D eigenvalue weighted by molar-refractivity contribution is 5.82. The molecule has 1 aliphatic carbocycles. The topological polar surface area (TPSA) is 64.1 Å². The number of carbonyl (C=O) groups is 2. The van der Waals surface area contributed by atoms with Crippen LogP contribution in [0.15, 0.2) is 24.3 Å². The molecular formula is C21H28FN3O3. The number of benzene rings is 1. The average Bonchev–Trinajstić information content (AvgIpc) is 3.26. The molecule has 1 unspecified atom stereocenters. The molecule has 6 nitrogen and oxygen atoms in total. The first-order chi connectivity index (χ1) is 13.4. The van der Waals surface area contributed by atoms with E-state index >= 15 is 0 Å². The zero-order chi connectivity index (χ0) is 19.9. The minimum atomic E-state index is -0.704. The first-order valence-electron chi connectivity index (χ1n) is 10.2. The highest BCUT2D eigenvalue weighted by Gasteiger charge is 2.56. The van der Waals surface area contributed by atoms with Crippen molar-refractivity contribution in [2.75, 3.05) is 44.2 Å². The Bertz CT molecular complexity index is 748. The zero-order valence-corrected chi connectivity index (χ0v) is 16.3. The lowest BCUT2D eigenvalue weighted by molar-refractivity contribution is -0.150. The molecule has 7 heteroatoms. The van der Waals surface area contributed by atoms with Gasteiger partial charge in [0.15, 0.2) is 0 Å². The third-order valence-corrected chi connectivity index (χ3v) is 7.01. The van der Waals surface area contributed by atoms with Gasteiger partial charge in [0.1, 0.15) is 5.82 Å². The van der Waals surface area contributed by atoms with Gasteiger partial charge in [-0.3, -0.25) is 14.5 Å². The van der Waals surface area contributed by atoms with Crippen LogP contribution < -0.4 is 4.90 Å². The smallest absolute Gasteiger partial charge is 0.311 e. The lowest BCUT2D eigenvalue weighted by Crippen LogP contribution is -2.54. The maximum Gasteiger partial charge on any atom is 0.311 e. The normalized spacial score (nSPS) is 29.0.